The standard InChI is InChI=1S/C15H16Cl2IN3O4/c16-11-2-1-10(7-12(11)17)21-4-3-14(20-21)19-15(23)9-25-6-5-24-8-13(18)22/h1-2,7H,3-6,8-9H2,(H,19,20,23). The molecule has 136 valence electrons. The number of ether oxygens (including phenoxy) is 2. The first-order chi connectivity index (χ1) is 12.0. The Morgan fingerprint density at radius 3 is 2.60 bits per heavy atom. The number of anilines is 1. The highest BCUT2D eigenvalue weighted by molar-refractivity contribution is 14.1. The van der Waals surface area contributed by atoms with Crippen molar-refractivity contribution in [2.75, 3.05) is 38.0 Å². The van der Waals surface area contributed by atoms with Crippen LogP contribution in [0.25, 0.3) is 0 Å². The minimum Gasteiger partial charge on any atom is -0.370 e. The van der Waals surface area contributed by atoms with Gasteiger partial charge in [0.05, 0.1) is 28.9 Å². The van der Waals surface area contributed by atoms with E-state index in [0.717, 1.165) is 5.69 Å². The quantitative estimate of drug-likeness (QED) is 0.338. The van der Waals surface area contributed by atoms with Crippen LogP contribution in [0.15, 0.2) is 23.3 Å². The number of carbonyl (C=O) groups is 2. The molecule has 1 aromatic carbocycles. The van der Waals surface area contributed by atoms with E-state index in [2.05, 4.69) is 10.4 Å². The van der Waals surface area contributed by atoms with Crippen LogP contribution in [0.3, 0.4) is 0 Å². The first-order valence-electron chi connectivity index (χ1n) is 7.39. The van der Waals surface area contributed by atoms with Gasteiger partial charge in [0, 0.05) is 35.6 Å². The van der Waals surface area contributed by atoms with Crippen LogP contribution >= 0.6 is 45.8 Å². The lowest BCUT2D eigenvalue weighted by atomic mass is 10.3. The largest absolute Gasteiger partial charge is 0.370 e. The third-order valence-electron chi connectivity index (χ3n) is 3.11. The van der Waals surface area contributed by atoms with Gasteiger partial charge in [-0.15, -0.1) is 0 Å². The van der Waals surface area contributed by atoms with Gasteiger partial charge >= 0.3 is 0 Å². The SMILES string of the molecule is O=C(I)COCCOCC(=O)NC1=NN(c2ccc(Cl)c(Cl)c2)CC1. The van der Waals surface area contributed by atoms with Gasteiger partial charge in [-0.25, -0.2) is 0 Å². The summed E-state index contributed by atoms with van der Waals surface area (Å²) < 4.78 is 10.1. The van der Waals surface area contributed by atoms with E-state index >= 15 is 0 Å². The van der Waals surface area contributed by atoms with Crippen molar-refractivity contribution in [2.24, 2.45) is 5.10 Å². The molecule has 0 saturated heterocycles. The molecule has 0 fully saturated rings. The molecular weight excluding hydrogens is 484 g/mol. The van der Waals surface area contributed by atoms with Gasteiger partial charge in [-0.3, -0.25) is 14.6 Å². The number of hydrogen-bond donors (Lipinski definition) is 1. The van der Waals surface area contributed by atoms with Gasteiger partial charge < -0.3 is 14.8 Å². The van der Waals surface area contributed by atoms with Crippen LogP contribution < -0.4 is 10.3 Å². The molecule has 25 heavy (non-hydrogen) atoms. The van der Waals surface area contributed by atoms with Crippen LogP contribution in [0.1, 0.15) is 6.42 Å². The lowest BCUT2D eigenvalue weighted by Gasteiger charge is -2.13. The van der Waals surface area contributed by atoms with E-state index in [0.29, 0.717) is 28.8 Å². The minimum absolute atomic E-state index is 0.0392. The molecule has 0 atom stereocenters. The third kappa shape index (κ3) is 7.06. The van der Waals surface area contributed by atoms with Crippen molar-refractivity contribution in [3.63, 3.8) is 0 Å². The maximum Gasteiger partial charge on any atom is 0.251 e. The van der Waals surface area contributed by atoms with E-state index in [9.17, 15) is 9.59 Å². The lowest BCUT2D eigenvalue weighted by molar-refractivity contribution is -0.125. The molecule has 0 aliphatic carbocycles. The van der Waals surface area contributed by atoms with Crippen LogP contribution in [0.5, 0.6) is 0 Å². The molecule has 0 aromatic heterocycles. The number of amides is 1. The van der Waals surface area contributed by atoms with E-state index in [1.807, 2.05) is 6.07 Å². The third-order valence-corrected chi connectivity index (χ3v) is 4.16. The molecule has 10 heteroatoms. The summed E-state index contributed by atoms with van der Waals surface area (Å²) in [5, 5.41) is 9.72. The second-order valence-corrected chi connectivity index (χ2v) is 7.04. The fourth-order valence-electron chi connectivity index (χ4n) is 2.01. The van der Waals surface area contributed by atoms with Gasteiger partial charge in [-0.2, -0.15) is 5.10 Å². The molecule has 2 rings (SSSR count). The average molecular weight is 500 g/mol. The molecule has 0 saturated carbocycles. The molecule has 7 nitrogen and oxygen atoms in total. The second-order valence-electron chi connectivity index (χ2n) is 5.03. The van der Waals surface area contributed by atoms with E-state index in [-0.39, 0.29) is 36.1 Å². The van der Waals surface area contributed by atoms with Gasteiger partial charge in [0.2, 0.25) is 3.79 Å². The van der Waals surface area contributed by atoms with Gasteiger partial charge in [0.1, 0.15) is 19.0 Å². The summed E-state index contributed by atoms with van der Waals surface area (Å²) in [5.41, 5.74) is 0.803. The zero-order chi connectivity index (χ0) is 18.2. The predicted molar refractivity (Wildman–Crippen MR) is 105 cm³/mol. The topological polar surface area (TPSA) is 80.2 Å². The van der Waals surface area contributed by atoms with Crippen LogP contribution in [-0.2, 0) is 19.1 Å². The molecule has 1 aliphatic rings. The number of hydrazone groups is 1. The highest BCUT2D eigenvalue weighted by atomic mass is 127. The van der Waals surface area contributed by atoms with Gasteiger partial charge in [0.25, 0.3) is 5.91 Å². The highest BCUT2D eigenvalue weighted by Gasteiger charge is 2.18. The van der Waals surface area contributed by atoms with Crippen LogP contribution in [0.4, 0.5) is 5.69 Å². The first kappa shape index (κ1) is 20.4. The minimum atomic E-state index is -0.292. The predicted octanol–water partition coefficient (Wildman–Crippen LogP) is 2.63. The molecule has 0 bridgehead atoms. The molecule has 0 spiro atoms. The zero-order valence-corrected chi connectivity index (χ0v) is 16.8. The molecule has 1 amide bonds. The number of nitrogens with one attached hydrogen (secondary N) is 1. The van der Waals surface area contributed by atoms with Crippen molar-refractivity contribution in [2.45, 2.75) is 6.42 Å². The van der Waals surface area contributed by atoms with Gasteiger partial charge in [0.15, 0.2) is 0 Å². The Labute approximate surface area is 168 Å². The number of nitrogens with zero attached hydrogens (tertiary/aromatic N) is 2. The van der Waals surface area contributed by atoms with E-state index in [4.69, 9.17) is 32.7 Å². The maximum absolute atomic E-state index is 11.8. The van der Waals surface area contributed by atoms with Gasteiger partial charge in [-0.05, 0) is 18.2 Å². The summed E-state index contributed by atoms with van der Waals surface area (Å²) in [7, 11) is 0. The van der Waals surface area contributed by atoms with E-state index in [1.54, 1.807) is 39.7 Å². The number of halogens is 3. The van der Waals surface area contributed by atoms with Crippen molar-refractivity contribution in [3.8, 4) is 0 Å². The number of hydrogen-bond acceptors (Lipinski definition) is 6. The Balaban J connectivity index is 1.72. The Kier molecular flexibility index (Phi) is 8.37. The molecule has 1 aromatic rings. The van der Waals surface area contributed by atoms with Crippen LogP contribution in [0.2, 0.25) is 10.0 Å². The summed E-state index contributed by atoms with van der Waals surface area (Å²) in [6.45, 7) is 1.06. The highest BCUT2D eigenvalue weighted by Crippen LogP contribution is 2.28. The molecule has 1 aliphatic heterocycles. The Hall–Kier alpha value is -0.940. The molecule has 1 heterocycles. The van der Waals surface area contributed by atoms with Crippen molar-refractivity contribution in [1.29, 1.82) is 0 Å². The molecular formula is C15H16Cl2IN3O4. The number of amidine groups is 1. The van der Waals surface area contributed by atoms with Gasteiger partial charge in [-0.1, -0.05) is 23.2 Å². The Bertz CT molecular complexity index is 672. The lowest BCUT2D eigenvalue weighted by Crippen LogP contribution is -2.33. The van der Waals surface area contributed by atoms with Crippen molar-refractivity contribution in [1.82, 2.24) is 5.32 Å². The first-order valence-corrected chi connectivity index (χ1v) is 9.23. The molecule has 0 unspecified atom stereocenters. The summed E-state index contributed by atoms with van der Waals surface area (Å²) in [6, 6.07) is 5.24. The van der Waals surface area contributed by atoms with Crippen molar-refractivity contribution >= 4 is 67.0 Å². The fourth-order valence-corrected chi connectivity index (χ4v) is 2.52. The second kappa shape index (κ2) is 10.3. The van der Waals surface area contributed by atoms with Crippen LogP contribution in [0, 0.1) is 0 Å². The smallest absolute Gasteiger partial charge is 0.251 e. The Morgan fingerprint density at radius 1 is 1.20 bits per heavy atom. The summed E-state index contributed by atoms with van der Waals surface area (Å²) in [6.07, 6.45) is 0.604. The number of carbonyl (C=O) groups excluding carboxylic acids is 2. The van der Waals surface area contributed by atoms with E-state index < -0.39 is 0 Å². The maximum atomic E-state index is 11.8. The van der Waals surface area contributed by atoms with Crippen molar-refractivity contribution in [3.05, 3.63) is 28.2 Å². The Morgan fingerprint density at radius 2 is 1.92 bits per heavy atom. The monoisotopic (exact) mass is 499 g/mol. The zero-order valence-electron chi connectivity index (χ0n) is 13.1. The van der Waals surface area contributed by atoms with E-state index in [1.165, 1.54) is 0 Å². The number of benzene rings is 1. The molecule has 0 radical (unpaired) electrons. The molecule has 1 N–H and O–H groups in total. The average Bonchev–Trinajstić information content (AvgIpc) is 3.01. The van der Waals surface area contributed by atoms with Crippen LogP contribution in [-0.4, -0.2) is 48.5 Å². The summed E-state index contributed by atoms with van der Waals surface area (Å²) >= 11 is 13.5. The fraction of sp³-hybridized carbons (Fsp3) is 0.400. The summed E-state index contributed by atoms with van der Waals surface area (Å²) in [5.74, 6) is 0.270. The summed E-state index contributed by atoms with van der Waals surface area (Å²) in [4.78, 5) is 22.5. The number of rotatable bonds is 8. The van der Waals surface area contributed by atoms with Crippen molar-refractivity contribution < 1.29 is 19.1 Å². The normalized spacial score (nSPS) is 13.7.